The van der Waals surface area contributed by atoms with E-state index in [4.69, 9.17) is 4.74 Å². The number of Topliss-reactive ketones (excluding diaryl/α,β-unsaturated/α-hetero) is 1. The Balaban J connectivity index is 2.92. The molecule has 1 unspecified atom stereocenters. The highest BCUT2D eigenvalue weighted by atomic mass is 16.5. The van der Waals surface area contributed by atoms with Gasteiger partial charge in [-0.3, -0.25) is 9.59 Å². The summed E-state index contributed by atoms with van der Waals surface area (Å²) in [5, 5.41) is 0. The fraction of sp³-hybridized carbons (Fsp3) is 0.818. The molecule has 0 aromatic carbocycles. The molecule has 1 aliphatic carbocycles. The Hall–Kier alpha value is -0.860. The topological polar surface area (TPSA) is 43.4 Å². The van der Waals surface area contributed by atoms with Crippen molar-refractivity contribution < 1.29 is 14.3 Å². The fourth-order valence-electron chi connectivity index (χ4n) is 2.26. The number of ether oxygens (including phenoxy) is 1. The van der Waals surface area contributed by atoms with E-state index in [0.717, 1.165) is 19.3 Å². The second-order valence-electron chi connectivity index (χ2n) is 4.28. The van der Waals surface area contributed by atoms with Gasteiger partial charge in [-0.05, 0) is 24.7 Å². The van der Waals surface area contributed by atoms with Crippen LogP contribution in [-0.4, -0.2) is 18.9 Å². The molecule has 0 N–H and O–H groups in total. The van der Waals surface area contributed by atoms with Gasteiger partial charge in [-0.25, -0.2) is 0 Å². The van der Waals surface area contributed by atoms with Crippen LogP contribution >= 0.6 is 0 Å². The first-order valence-electron chi connectivity index (χ1n) is 5.15. The largest absolute Gasteiger partial charge is 0.468 e. The maximum atomic E-state index is 11.7. The summed E-state index contributed by atoms with van der Waals surface area (Å²) in [6.45, 7) is 4.03. The molecule has 0 bridgehead atoms. The maximum Gasteiger partial charge on any atom is 0.316 e. The highest BCUT2D eigenvalue weighted by Crippen LogP contribution is 2.42. The smallest absolute Gasteiger partial charge is 0.316 e. The molecule has 0 aromatic heterocycles. The maximum absolute atomic E-state index is 11.7. The van der Waals surface area contributed by atoms with Crippen LogP contribution in [0.4, 0.5) is 0 Å². The Bertz CT molecular complexity index is 239. The number of carbonyl (C=O) groups is 2. The van der Waals surface area contributed by atoms with Gasteiger partial charge in [0, 0.05) is 6.42 Å². The van der Waals surface area contributed by atoms with E-state index in [0.29, 0.717) is 6.42 Å². The van der Waals surface area contributed by atoms with Crippen molar-refractivity contribution in [1.82, 2.24) is 0 Å². The predicted molar refractivity (Wildman–Crippen MR) is 52.8 cm³/mol. The van der Waals surface area contributed by atoms with E-state index in [1.54, 1.807) is 0 Å². The Kier molecular flexibility index (Phi) is 3.29. The molecule has 1 saturated carbocycles. The molecule has 1 aliphatic rings. The summed E-state index contributed by atoms with van der Waals surface area (Å²) >= 11 is 0. The van der Waals surface area contributed by atoms with Gasteiger partial charge < -0.3 is 4.74 Å². The lowest BCUT2D eigenvalue weighted by Crippen LogP contribution is -2.42. The summed E-state index contributed by atoms with van der Waals surface area (Å²) in [5.41, 5.74) is -0.192. The lowest BCUT2D eigenvalue weighted by Gasteiger charge is -2.37. The average molecular weight is 198 g/mol. The highest BCUT2D eigenvalue weighted by molar-refractivity contribution is 6.00. The van der Waals surface area contributed by atoms with E-state index < -0.39 is 5.92 Å². The Morgan fingerprint density at radius 1 is 1.64 bits per heavy atom. The van der Waals surface area contributed by atoms with Gasteiger partial charge in [0.15, 0.2) is 0 Å². The minimum atomic E-state index is -0.536. The molecule has 0 amide bonds. The molecule has 14 heavy (non-hydrogen) atoms. The van der Waals surface area contributed by atoms with Gasteiger partial charge in [-0.2, -0.15) is 0 Å². The average Bonchev–Trinajstić information content (AvgIpc) is 2.17. The molecule has 3 heteroatoms. The van der Waals surface area contributed by atoms with Crippen molar-refractivity contribution in [3.8, 4) is 0 Å². The molecular weight excluding hydrogens is 180 g/mol. The van der Waals surface area contributed by atoms with Gasteiger partial charge in [0.25, 0.3) is 0 Å². The van der Waals surface area contributed by atoms with Crippen molar-refractivity contribution in [3.63, 3.8) is 0 Å². The predicted octanol–water partition coefficient (Wildman–Crippen LogP) is 1.94. The number of hydrogen-bond acceptors (Lipinski definition) is 3. The van der Waals surface area contributed by atoms with Crippen LogP contribution in [0.3, 0.4) is 0 Å². The van der Waals surface area contributed by atoms with Crippen molar-refractivity contribution in [2.75, 3.05) is 7.11 Å². The van der Waals surface area contributed by atoms with Crippen molar-refractivity contribution in [1.29, 1.82) is 0 Å². The van der Waals surface area contributed by atoms with Crippen molar-refractivity contribution in [3.05, 3.63) is 0 Å². The van der Waals surface area contributed by atoms with E-state index in [2.05, 4.69) is 0 Å². The summed E-state index contributed by atoms with van der Waals surface area (Å²) in [6, 6.07) is 0. The van der Waals surface area contributed by atoms with Crippen LogP contribution in [0, 0.1) is 11.3 Å². The number of carbonyl (C=O) groups excluding carboxylic acids is 2. The van der Waals surface area contributed by atoms with Crippen LogP contribution in [0.15, 0.2) is 0 Å². The first-order valence-corrected chi connectivity index (χ1v) is 5.15. The van der Waals surface area contributed by atoms with Gasteiger partial charge in [-0.1, -0.05) is 13.8 Å². The van der Waals surface area contributed by atoms with Crippen LogP contribution in [0.1, 0.15) is 39.5 Å². The van der Waals surface area contributed by atoms with E-state index >= 15 is 0 Å². The van der Waals surface area contributed by atoms with Crippen LogP contribution < -0.4 is 0 Å². The molecule has 0 radical (unpaired) electrons. The number of ketones is 1. The second-order valence-corrected chi connectivity index (χ2v) is 4.28. The summed E-state index contributed by atoms with van der Waals surface area (Å²) in [5.74, 6) is -0.849. The normalized spacial score (nSPS) is 32.8. The van der Waals surface area contributed by atoms with Crippen LogP contribution in [0.25, 0.3) is 0 Å². The number of esters is 1. The van der Waals surface area contributed by atoms with Crippen molar-refractivity contribution in [2.24, 2.45) is 11.3 Å². The first kappa shape index (κ1) is 11.2. The van der Waals surface area contributed by atoms with E-state index in [9.17, 15) is 9.59 Å². The van der Waals surface area contributed by atoms with Gasteiger partial charge >= 0.3 is 5.97 Å². The minimum absolute atomic E-state index is 0.0486. The van der Waals surface area contributed by atoms with Crippen molar-refractivity contribution in [2.45, 2.75) is 39.5 Å². The Labute approximate surface area is 84.8 Å². The number of hydrogen-bond donors (Lipinski definition) is 0. The molecule has 0 aromatic rings. The summed E-state index contributed by atoms with van der Waals surface area (Å²) in [6.07, 6.45) is 3.21. The van der Waals surface area contributed by atoms with Gasteiger partial charge in [0.1, 0.15) is 11.7 Å². The molecule has 0 saturated heterocycles. The van der Waals surface area contributed by atoms with E-state index in [1.807, 2.05) is 13.8 Å². The number of methoxy groups -OCH3 is 1. The van der Waals surface area contributed by atoms with Crippen LogP contribution in [0.5, 0.6) is 0 Å². The standard InChI is InChI=1S/C11H18O3/c1-4-11(2)7-5-6-8(12)9(11)10(13)14-3/h9H,4-7H2,1-3H3/t9?,11-/m0/s1. The monoisotopic (exact) mass is 198 g/mol. The Morgan fingerprint density at radius 3 is 2.79 bits per heavy atom. The third kappa shape index (κ3) is 1.81. The lowest BCUT2D eigenvalue weighted by molar-refractivity contribution is -0.157. The molecule has 80 valence electrons. The fourth-order valence-corrected chi connectivity index (χ4v) is 2.26. The summed E-state index contributed by atoms with van der Waals surface area (Å²) in [4.78, 5) is 23.2. The summed E-state index contributed by atoms with van der Waals surface area (Å²) in [7, 11) is 1.35. The zero-order valence-corrected chi connectivity index (χ0v) is 9.13. The molecule has 0 spiro atoms. The molecule has 1 fully saturated rings. The van der Waals surface area contributed by atoms with Gasteiger partial charge in [-0.15, -0.1) is 0 Å². The van der Waals surface area contributed by atoms with E-state index in [1.165, 1.54) is 7.11 Å². The van der Waals surface area contributed by atoms with Crippen molar-refractivity contribution >= 4 is 11.8 Å². The molecule has 3 nitrogen and oxygen atoms in total. The number of rotatable bonds is 2. The summed E-state index contributed by atoms with van der Waals surface area (Å²) < 4.78 is 4.70. The molecule has 0 aliphatic heterocycles. The van der Waals surface area contributed by atoms with Crippen LogP contribution in [0.2, 0.25) is 0 Å². The first-order chi connectivity index (χ1) is 6.55. The minimum Gasteiger partial charge on any atom is -0.468 e. The third-order valence-corrected chi connectivity index (χ3v) is 3.43. The van der Waals surface area contributed by atoms with Gasteiger partial charge in [0.05, 0.1) is 7.11 Å². The molecule has 1 rings (SSSR count). The molecule has 2 atom stereocenters. The van der Waals surface area contributed by atoms with Crippen LogP contribution in [-0.2, 0) is 14.3 Å². The zero-order valence-electron chi connectivity index (χ0n) is 9.13. The Morgan fingerprint density at radius 2 is 2.29 bits per heavy atom. The quantitative estimate of drug-likeness (QED) is 0.503. The SMILES string of the molecule is CC[C@@]1(C)CCCC(=O)C1C(=O)OC. The molecular formula is C11H18O3. The highest BCUT2D eigenvalue weighted by Gasteiger charge is 2.45. The third-order valence-electron chi connectivity index (χ3n) is 3.43. The van der Waals surface area contributed by atoms with E-state index in [-0.39, 0.29) is 17.2 Å². The second kappa shape index (κ2) is 4.11. The molecule has 0 heterocycles. The lowest BCUT2D eigenvalue weighted by atomic mass is 9.65. The zero-order chi connectivity index (χ0) is 10.8. The van der Waals surface area contributed by atoms with Gasteiger partial charge in [0.2, 0.25) is 0 Å².